The second kappa shape index (κ2) is 9.48. The van der Waals surface area contributed by atoms with Gasteiger partial charge in [-0.2, -0.15) is 0 Å². The van der Waals surface area contributed by atoms with Gasteiger partial charge in [0.2, 0.25) is 0 Å². The van der Waals surface area contributed by atoms with Gasteiger partial charge in [-0.05, 0) is 12.1 Å². The second-order valence-electron chi connectivity index (χ2n) is 0.793. The van der Waals surface area contributed by atoms with Crippen LogP contribution in [-0.4, -0.2) is 5.48 Å². The molecule has 4 heteroatoms. The zero-order valence-corrected chi connectivity index (χ0v) is 4.63. The molecule has 1 aromatic heterocycles. The summed E-state index contributed by atoms with van der Waals surface area (Å²) in [5.41, 5.74) is 0. The molecule has 4 nitrogen and oxygen atoms in total. The fourth-order valence-corrected chi connectivity index (χ4v) is 0.227. The standard InChI is InChI=1S/C4H4O.2H3N.H2O/c1-2-4-5-3-1;;;/h1-4H;2*1H3;1H2. The summed E-state index contributed by atoms with van der Waals surface area (Å²) in [5, 5.41) is 0. The van der Waals surface area contributed by atoms with Crippen LogP contribution >= 0.6 is 0 Å². The highest BCUT2D eigenvalue weighted by Gasteiger charge is 1.58. The van der Waals surface area contributed by atoms with Gasteiger partial charge in [0.1, 0.15) is 0 Å². The van der Waals surface area contributed by atoms with Gasteiger partial charge in [0.15, 0.2) is 0 Å². The van der Waals surface area contributed by atoms with Gasteiger partial charge in [0.05, 0.1) is 12.5 Å². The van der Waals surface area contributed by atoms with Crippen LogP contribution in [-0.2, 0) is 0 Å². The number of hydrogen-bond donors (Lipinski definition) is 2. The first-order chi connectivity index (χ1) is 2.50. The number of rotatable bonds is 0. The van der Waals surface area contributed by atoms with Crippen molar-refractivity contribution in [1.82, 2.24) is 12.3 Å². The second-order valence-corrected chi connectivity index (χ2v) is 0.793. The quantitative estimate of drug-likeness (QED) is 0.527. The minimum absolute atomic E-state index is 0. The van der Waals surface area contributed by atoms with E-state index in [-0.39, 0.29) is 17.8 Å². The van der Waals surface area contributed by atoms with Gasteiger partial charge in [-0.25, -0.2) is 0 Å². The van der Waals surface area contributed by atoms with Crippen LogP contribution < -0.4 is 12.3 Å². The van der Waals surface area contributed by atoms with Gasteiger partial charge in [0, 0.05) is 0 Å². The summed E-state index contributed by atoms with van der Waals surface area (Å²) < 4.78 is 4.58. The molecule has 0 aromatic carbocycles. The minimum atomic E-state index is 0. The molecule has 0 aliphatic heterocycles. The molecule has 0 spiro atoms. The number of hydrogen-bond acceptors (Lipinski definition) is 3. The molecule has 0 atom stereocenters. The highest BCUT2D eigenvalue weighted by Crippen LogP contribution is 1.79. The van der Waals surface area contributed by atoms with Crippen molar-refractivity contribution in [3.63, 3.8) is 0 Å². The van der Waals surface area contributed by atoms with Crippen molar-refractivity contribution in [3.8, 4) is 0 Å². The lowest BCUT2D eigenvalue weighted by atomic mass is 10.7. The maximum absolute atomic E-state index is 4.58. The molecule has 1 rings (SSSR count). The van der Waals surface area contributed by atoms with E-state index >= 15 is 0 Å². The molecule has 0 bridgehead atoms. The average Bonchev–Trinajstić information content (AvgIpc) is 1.76. The van der Waals surface area contributed by atoms with E-state index in [9.17, 15) is 0 Å². The van der Waals surface area contributed by atoms with Gasteiger partial charge in [-0.1, -0.05) is 0 Å². The van der Waals surface area contributed by atoms with Crippen LogP contribution in [0.5, 0.6) is 0 Å². The summed E-state index contributed by atoms with van der Waals surface area (Å²) in [6.07, 6.45) is 3.25. The van der Waals surface area contributed by atoms with Crippen LogP contribution in [0.15, 0.2) is 29.1 Å². The Morgan fingerprint density at radius 3 is 1.38 bits per heavy atom. The van der Waals surface area contributed by atoms with Crippen LogP contribution in [0.25, 0.3) is 0 Å². The van der Waals surface area contributed by atoms with Crippen LogP contribution in [0.2, 0.25) is 0 Å². The van der Waals surface area contributed by atoms with E-state index < -0.39 is 0 Å². The summed E-state index contributed by atoms with van der Waals surface area (Å²) >= 11 is 0. The maximum atomic E-state index is 4.58. The third kappa shape index (κ3) is 5.16. The predicted octanol–water partition coefficient (Wildman–Crippen LogP) is 0.779. The molecule has 0 amide bonds. The van der Waals surface area contributed by atoms with Crippen molar-refractivity contribution in [2.45, 2.75) is 0 Å². The van der Waals surface area contributed by atoms with Crippen molar-refractivity contribution in [1.29, 1.82) is 0 Å². The highest BCUT2D eigenvalue weighted by molar-refractivity contribution is 4.79. The Morgan fingerprint density at radius 1 is 0.875 bits per heavy atom. The smallest absolute Gasteiger partial charge is 0.0902 e. The molecule has 0 unspecified atom stereocenters. The van der Waals surface area contributed by atoms with E-state index in [1.54, 1.807) is 12.5 Å². The Labute approximate surface area is 48.0 Å². The Bertz CT molecular complexity index is 68.5. The van der Waals surface area contributed by atoms with E-state index in [1.165, 1.54) is 0 Å². The van der Waals surface area contributed by atoms with E-state index in [4.69, 9.17) is 0 Å². The maximum Gasteiger partial charge on any atom is 0.0902 e. The molecule has 0 radical (unpaired) electrons. The molecular weight excluding hydrogens is 108 g/mol. The van der Waals surface area contributed by atoms with Crippen molar-refractivity contribution in [3.05, 3.63) is 24.7 Å². The van der Waals surface area contributed by atoms with Crippen molar-refractivity contribution in [2.75, 3.05) is 0 Å². The fraction of sp³-hybridized carbons (Fsp3) is 0. The largest absolute Gasteiger partial charge is 0.473 e. The summed E-state index contributed by atoms with van der Waals surface area (Å²) in [7, 11) is 0. The van der Waals surface area contributed by atoms with Crippen molar-refractivity contribution < 1.29 is 9.89 Å². The fourth-order valence-electron chi connectivity index (χ4n) is 0.227. The first kappa shape index (κ1) is 15.7. The molecule has 8 N–H and O–H groups in total. The third-order valence-electron chi connectivity index (χ3n) is 0.425. The number of furan rings is 1. The first-order valence-corrected chi connectivity index (χ1v) is 1.47. The molecule has 0 aliphatic carbocycles. The molecule has 0 aliphatic rings. The van der Waals surface area contributed by atoms with E-state index in [2.05, 4.69) is 4.42 Å². The lowest BCUT2D eigenvalue weighted by Gasteiger charge is -1.50. The van der Waals surface area contributed by atoms with Gasteiger partial charge in [-0.15, -0.1) is 0 Å². The summed E-state index contributed by atoms with van der Waals surface area (Å²) in [4.78, 5) is 0. The lowest BCUT2D eigenvalue weighted by molar-refractivity contribution is 0.567. The van der Waals surface area contributed by atoms with Crippen LogP contribution in [0, 0.1) is 0 Å². The molecule has 0 saturated heterocycles. The molecule has 1 aromatic rings. The zero-order chi connectivity index (χ0) is 3.54. The van der Waals surface area contributed by atoms with E-state index in [0.717, 1.165) is 0 Å². The van der Waals surface area contributed by atoms with Gasteiger partial charge >= 0.3 is 0 Å². The molecule has 1 heterocycles. The SMILES string of the molecule is N.N.O.c1ccoc1. The van der Waals surface area contributed by atoms with Gasteiger partial charge in [-0.3, -0.25) is 0 Å². The predicted molar refractivity (Wildman–Crippen MR) is 32.4 cm³/mol. The van der Waals surface area contributed by atoms with E-state index in [1.807, 2.05) is 12.1 Å². The Kier molecular flexibility index (Phi) is 18.6. The minimum Gasteiger partial charge on any atom is -0.473 e. The van der Waals surface area contributed by atoms with Crippen LogP contribution in [0.3, 0.4) is 0 Å². The summed E-state index contributed by atoms with van der Waals surface area (Å²) in [6, 6.07) is 3.67. The van der Waals surface area contributed by atoms with Crippen molar-refractivity contribution in [2.24, 2.45) is 0 Å². The topological polar surface area (TPSA) is 115 Å². The molecule has 8 heavy (non-hydrogen) atoms. The van der Waals surface area contributed by atoms with Gasteiger partial charge in [0.25, 0.3) is 0 Å². The van der Waals surface area contributed by atoms with Crippen molar-refractivity contribution >= 4 is 0 Å². The van der Waals surface area contributed by atoms with Crippen LogP contribution in [0.4, 0.5) is 0 Å². The lowest BCUT2D eigenvalue weighted by Crippen LogP contribution is -1.16. The van der Waals surface area contributed by atoms with Gasteiger partial charge < -0.3 is 22.2 Å². The Balaban J connectivity index is -0.0000000833. The average molecular weight is 120 g/mol. The monoisotopic (exact) mass is 120 g/mol. The highest BCUT2D eigenvalue weighted by atomic mass is 16.3. The Hall–Kier alpha value is -0.840. The molecule has 0 fully saturated rings. The molecular formula is C4H12N2O2. The third-order valence-corrected chi connectivity index (χ3v) is 0.425. The van der Waals surface area contributed by atoms with Crippen LogP contribution in [0.1, 0.15) is 0 Å². The zero-order valence-electron chi connectivity index (χ0n) is 4.63. The van der Waals surface area contributed by atoms with E-state index in [0.29, 0.717) is 0 Å². The Morgan fingerprint density at radius 2 is 1.25 bits per heavy atom. The summed E-state index contributed by atoms with van der Waals surface area (Å²) in [5.74, 6) is 0. The summed E-state index contributed by atoms with van der Waals surface area (Å²) in [6.45, 7) is 0. The first-order valence-electron chi connectivity index (χ1n) is 1.47. The molecule has 0 saturated carbocycles. The normalized spacial score (nSPS) is 5.00. The molecule has 50 valence electrons.